The molecule has 0 bridgehead atoms. The molecule has 4 N–H and O–H groups in total. The lowest BCUT2D eigenvalue weighted by Crippen LogP contribution is -2.45. The highest BCUT2D eigenvalue weighted by Gasteiger charge is 2.34. The van der Waals surface area contributed by atoms with Gasteiger partial charge in [0.15, 0.2) is 0 Å². The Morgan fingerprint density at radius 3 is 2.21 bits per heavy atom. The monoisotopic (exact) mass is 408 g/mol. The van der Waals surface area contributed by atoms with Gasteiger partial charge in [0.1, 0.15) is 6.04 Å². The summed E-state index contributed by atoms with van der Waals surface area (Å²) >= 11 is 0. The molecule has 0 aliphatic carbocycles. The SMILES string of the molecule is CN(CC(=O)Nc1ccccc1C(F)(F)F)C(C(=O)NC(N)=O)c1ccccc1. The highest BCUT2D eigenvalue weighted by molar-refractivity contribution is 5.98. The number of nitrogens with two attached hydrogens (primary N) is 1. The summed E-state index contributed by atoms with van der Waals surface area (Å²) in [5.41, 5.74) is 4.09. The van der Waals surface area contributed by atoms with Gasteiger partial charge in [-0.05, 0) is 24.7 Å². The highest BCUT2D eigenvalue weighted by Crippen LogP contribution is 2.34. The number of halogens is 3. The average Bonchev–Trinajstić information content (AvgIpc) is 2.61. The van der Waals surface area contributed by atoms with Crippen LogP contribution in [-0.4, -0.2) is 36.3 Å². The van der Waals surface area contributed by atoms with Crippen LogP contribution in [0.15, 0.2) is 54.6 Å². The van der Waals surface area contributed by atoms with Crippen molar-refractivity contribution in [3.05, 3.63) is 65.7 Å². The van der Waals surface area contributed by atoms with Crippen LogP contribution in [0.1, 0.15) is 17.2 Å². The van der Waals surface area contributed by atoms with Crippen LogP contribution in [0.2, 0.25) is 0 Å². The van der Waals surface area contributed by atoms with Crippen molar-refractivity contribution in [3.8, 4) is 0 Å². The number of nitrogens with one attached hydrogen (secondary N) is 2. The fourth-order valence-electron chi connectivity index (χ4n) is 2.78. The summed E-state index contributed by atoms with van der Waals surface area (Å²) in [6.45, 7) is -0.419. The maximum atomic E-state index is 13.1. The van der Waals surface area contributed by atoms with Gasteiger partial charge in [-0.1, -0.05) is 42.5 Å². The summed E-state index contributed by atoms with van der Waals surface area (Å²) in [4.78, 5) is 37.1. The quantitative estimate of drug-likeness (QED) is 0.683. The first kappa shape index (κ1) is 21.9. The molecule has 1 atom stereocenters. The molecule has 0 heterocycles. The smallest absolute Gasteiger partial charge is 0.351 e. The maximum Gasteiger partial charge on any atom is 0.418 e. The first-order valence-electron chi connectivity index (χ1n) is 8.41. The summed E-state index contributed by atoms with van der Waals surface area (Å²) in [6.07, 6.45) is -4.64. The third kappa shape index (κ3) is 6.04. The largest absolute Gasteiger partial charge is 0.418 e. The highest BCUT2D eigenvalue weighted by atomic mass is 19.4. The zero-order valence-electron chi connectivity index (χ0n) is 15.4. The number of hydrogen-bond donors (Lipinski definition) is 3. The van der Waals surface area contributed by atoms with Crippen LogP contribution in [-0.2, 0) is 15.8 Å². The van der Waals surface area contributed by atoms with E-state index in [2.05, 4.69) is 5.32 Å². The van der Waals surface area contributed by atoms with Crippen LogP contribution in [0.4, 0.5) is 23.7 Å². The van der Waals surface area contributed by atoms with E-state index in [1.807, 2.05) is 5.32 Å². The summed E-state index contributed by atoms with van der Waals surface area (Å²) < 4.78 is 39.2. The van der Waals surface area contributed by atoms with Gasteiger partial charge in [0.05, 0.1) is 17.8 Å². The zero-order valence-corrected chi connectivity index (χ0v) is 15.4. The van der Waals surface area contributed by atoms with E-state index in [1.54, 1.807) is 30.3 Å². The standard InChI is InChI=1S/C19H19F3N4O3/c1-26(16(17(28)25-18(23)29)12-7-3-2-4-8-12)11-15(27)24-14-10-6-5-9-13(14)19(20,21)22/h2-10,16H,11H2,1H3,(H,24,27)(H3,23,25,28,29). The van der Waals surface area contributed by atoms with Crippen molar-refractivity contribution in [2.45, 2.75) is 12.2 Å². The van der Waals surface area contributed by atoms with Crippen molar-refractivity contribution in [3.63, 3.8) is 0 Å². The normalized spacial score (nSPS) is 12.3. The third-order valence-electron chi connectivity index (χ3n) is 3.95. The van der Waals surface area contributed by atoms with Gasteiger partial charge in [-0.15, -0.1) is 0 Å². The number of alkyl halides is 3. The molecule has 10 heteroatoms. The van der Waals surface area contributed by atoms with E-state index in [-0.39, 0.29) is 0 Å². The summed E-state index contributed by atoms with van der Waals surface area (Å²) in [7, 11) is 1.42. The number of hydrogen-bond acceptors (Lipinski definition) is 4. The molecule has 0 fully saturated rings. The van der Waals surface area contributed by atoms with Gasteiger partial charge in [-0.25, -0.2) is 4.79 Å². The lowest BCUT2D eigenvalue weighted by Gasteiger charge is -2.26. The van der Waals surface area contributed by atoms with Crippen molar-refractivity contribution in [1.29, 1.82) is 0 Å². The Balaban J connectivity index is 2.19. The minimum atomic E-state index is -4.64. The number of benzene rings is 2. The van der Waals surface area contributed by atoms with Gasteiger partial charge in [0.2, 0.25) is 11.8 Å². The summed E-state index contributed by atoms with van der Waals surface area (Å²) in [6, 6.07) is 10.7. The third-order valence-corrected chi connectivity index (χ3v) is 3.95. The second-order valence-corrected chi connectivity index (χ2v) is 6.17. The molecule has 0 spiro atoms. The number of anilines is 1. The van der Waals surface area contributed by atoms with Crippen LogP contribution in [0.3, 0.4) is 0 Å². The predicted molar refractivity (Wildman–Crippen MR) is 99.6 cm³/mol. The Morgan fingerprint density at radius 1 is 1.03 bits per heavy atom. The Labute approximate surface area is 164 Å². The summed E-state index contributed by atoms with van der Waals surface area (Å²) in [5.74, 6) is -1.54. The number of primary amides is 1. The molecular weight excluding hydrogens is 389 g/mol. The number of para-hydroxylation sites is 1. The van der Waals surface area contributed by atoms with Crippen molar-refractivity contribution in [2.24, 2.45) is 5.73 Å². The van der Waals surface area contributed by atoms with Gasteiger partial charge in [-0.3, -0.25) is 19.8 Å². The Kier molecular flexibility index (Phi) is 6.94. The predicted octanol–water partition coefficient (Wildman–Crippen LogP) is 2.51. The minimum absolute atomic E-state index is 0.392. The molecular formula is C19H19F3N4O3. The van der Waals surface area contributed by atoms with Gasteiger partial charge < -0.3 is 11.1 Å². The van der Waals surface area contributed by atoms with Crippen LogP contribution in [0, 0.1) is 0 Å². The molecule has 7 nitrogen and oxygen atoms in total. The van der Waals surface area contributed by atoms with E-state index >= 15 is 0 Å². The minimum Gasteiger partial charge on any atom is -0.351 e. The second-order valence-electron chi connectivity index (χ2n) is 6.17. The lowest BCUT2D eigenvalue weighted by molar-refractivity contribution is -0.137. The molecule has 4 amide bonds. The van der Waals surface area contributed by atoms with Gasteiger partial charge in [-0.2, -0.15) is 13.2 Å². The molecule has 2 rings (SSSR count). The van der Waals surface area contributed by atoms with E-state index < -0.39 is 47.9 Å². The van der Waals surface area contributed by atoms with Crippen molar-refractivity contribution >= 4 is 23.5 Å². The van der Waals surface area contributed by atoms with Crippen LogP contribution in [0.25, 0.3) is 0 Å². The molecule has 1 unspecified atom stereocenters. The number of likely N-dealkylation sites (N-methyl/N-ethyl adjacent to an activating group) is 1. The van der Waals surface area contributed by atoms with Gasteiger partial charge in [0.25, 0.3) is 0 Å². The average molecular weight is 408 g/mol. The molecule has 2 aromatic carbocycles. The molecule has 154 valence electrons. The Morgan fingerprint density at radius 2 is 1.62 bits per heavy atom. The molecule has 0 saturated carbocycles. The van der Waals surface area contributed by atoms with Gasteiger partial charge >= 0.3 is 12.2 Å². The lowest BCUT2D eigenvalue weighted by atomic mass is 10.0. The first-order valence-corrected chi connectivity index (χ1v) is 8.41. The van der Waals surface area contributed by atoms with Crippen LogP contribution < -0.4 is 16.4 Å². The molecule has 0 aliphatic heterocycles. The van der Waals surface area contributed by atoms with E-state index in [0.29, 0.717) is 5.56 Å². The molecule has 0 aromatic heterocycles. The van der Waals surface area contributed by atoms with Gasteiger partial charge in [0, 0.05) is 0 Å². The molecule has 29 heavy (non-hydrogen) atoms. The number of amides is 4. The molecule has 0 saturated heterocycles. The Hall–Kier alpha value is -3.40. The van der Waals surface area contributed by atoms with Crippen molar-refractivity contribution in [1.82, 2.24) is 10.2 Å². The number of urea groups is 1. The number of imide groups is 1. The second kappa shape index (κ2) is 9.20. The molecule has 2 aromatic rings. The van der Waals surface area contributed by atoms with Crippen LogP contribution in [0.5, 0.6) is 0 Å². The van der Waals surface area contributed by atoms with E-state index in [9.17, 15) is 27.6 Å². The first-order chi connectivity index (χ1) is 13.6. The number of nitrogens with zero attached hydrogens (tertiary/aromatic N) is 1. The topological polar surface area (TPSA) is 105 Å². The van der Waals surface area contributed by atoms with E-state index in [1.165, 1.54) is 24.1 Å². The van der Waals surface area contributed by atoms with E-state index in [4.69, 9.17) is 5.73 Å². The van der Waals surface area contributed by atoms with Crippen molar-refractivity contribution < 1.29 is 27.6 Å². The fourth-order valence-corrected chi connectivity index (χ4v) is 2.78. The number of rotatable bonds is 6. The van der Waals surface area contributed by atoms with Crippen LogP contribution >= 0.6 is 0 Å². The fraction of sp³-hybridized carbons (Fsp3) is 0.211. The molecule has 0 aliphatic rings. The zero-order chi connectivity index (χ0) is 21.6. The van der Waals surface area contributed by atoms with Crippen molar-refractivity contribution in [2.75, 3.05) is 18.9 Å². The maximum absolute atomic E-state index is 13.1. The number of carbonyl (C=O) groups excluding carboxylic acids is 3. The molecule has 0 radical (unpaired) electrons. The van der Waals surface area contributed by atoms with E-state index in [0.717, 1.165) is 12.1 Å². The number of carbonyl (C=O) groups is 3. The summed E-state index contributed by atoms with van der Waals surface area (Å²) in [5, 5.41) is 4.16. The Bertz CT molecular complexity index is 888.